The van der Waals surface area contributed by atoms with Gasteiger partial charge in [0.15, 0.2) is 0 Å². The van der Waals surface area contributed by atoms with Crippen LogP contribution in [-0.4, -0.2) is 36.8 Å². The van der Waals surface area contributed by atoms with Gasteiger partial charge in [-0.05, 0) is 31.7 Å². The molecule has 1 saturated carbocycles. The molecule has 1 aromatic rings. The van der Waals surface area contributed by atoms with Gasteiger partial charge < -0.3 is 14.8 Å². The van der Waals surface area contributed by atoms with Crippen molar-refractivity contribution in [2.75, 3.05) is 20.8 Å². The van der Waals surface area contributed by atoms with Crippen LogP contribution in [0.1, 0.15) is 37.9 Å². The number of aromatic nitrogens is 2. The van der Waals surface area contributed by atoms with E-state index in [0.717, 1.165) is 18.7 Å². The van der Waals surface area contributed by atoms with E-state index >= 15 is 0 Å². The molecular weight excluding hydrogens is 242 g/mol. The first-order chi connectivity index (χ1) is 9.31. The van der Waals surface area contributed by atoms with Crippen LogP contribution in [0.25, 0.3) is 0 Å². The average molecular weight is 265 g/mol. The zero-order chi connectivity index (χ0) is 13.7. The maximum atomic E-state index is 5.70. The Balaban J connectivity index is 2.24. The Kier molecular flexibility index (Phi) is 5.10. The Labute approximate surface area is 114 Å². The highest BCUT2D eigenvalue weighted by atomic mass is 16.5. The molecule has 0 radical (unpaired) electrons. The van der Waals surface area contributed by atoms with E-state index in [9.17, 15) is 0 Å². The zero-order valence-electron chi connectivity index (χ0n) is 11.9. The van der Waals surface area contributed by atoms with Gasteiger partial charge in [-0.25, -0.2) is 4.98 Å². The van der Waals surface area contributed by atoms with E-state index < -0.39 is 0 Å². The Morgan fingerprint density at radius 3 is 2.63 bits per heavy atom. The van der Waals surface area contributed by atoms with Crippen molar-refractivity contribution in [1.82, 2.24) is 15.3 Å². The topological polar surface area (TPSA) is 56.3 Å². The predicted molar refractivity (Wildman–Crippen MR) is 73.1 cm³/mol. The van der Waals surface area contributed by atoms with Gasteiger partial charge in [0.2, 0.25) is 5.88 Å². The highest BCUT2D eigenvalue weighted by Crippen LogP contribution is 2.40. The fourth-order valence-electron chi connectivity index (χ4n) is 2.40. The van der Waals surface area contributed by atoms with E-state index in [0.29, 0.717) is 11.8 Å². The number of hydrogen-bond acceptors (Lipinski definition) is 5. The van der Waals surface area contributed by atoms with Gasteiger partial charge in [0.25, 0.3) is 0 Å². The van der Waals surface area contributed by atoms with Crippen molar-refractivity contribution >= 4 is 0 Å². The van der Waals surface area contributed by atoms with Crippen LogP contribution in [0.5, 0.6) is 5.88 Å². The van der Waals surface area contributed by atoms with Crippen molar-refractivity contribution in [2.45, 2.75) is 38.3 Å². The smallest absolute Gasteiger partial charge is 0.237 e. The second-order valence-corrected chi connectivity index (χ2v) is 4.92. The summed E-state index contributed by atoms with van der Waals surface area (Å²) >= 11 is 0. The van der Waals surface area contributed by atoms with Crippen LogP contribution >= 0.6 is 0 Å². The molecule has 5 nitrogen and oxygen atoms in total. The van der Waals surface area contributed by atoms with E-state index in [1.807, 2.05) is 0 Å². The summed E-state index contributed by atoms with van der Waals surface area (Å²) in [6.45, 7) is 3.08. The first kappa shape index (κ1) is 14.2. The SMILES string of the molecule is CCCNC(c1nccnc1OC)C(OC)C1CC1. The van der Waals surface area contributed by atoms with Gasteiger partial charge >= 0.3 is 0 Å². The van der Waals surface area contributed by atoms with Crippen LogP contribution in [0.3, 0.4) is 0 Å². The molecule has 1 aromatic heterocycles. The molecule has 1 heterocycles. The van der Waals surface area contributed by atoms with E-state index in [1.54, 1.807) is 26.6 Å². The molecule has 0 bridgehead atoms. The van der Waals surface area contributed by atoms with Crippen LogP contribution in [0.2, 0.25) is 0 Å². The Morgan fingerprint density at radius 1 is 1.32 bits per heavy atom. The lowest BCUT2D eigenvalue weighted by Crippen LogP contribution is -2.36. The largest absolute Gasteiger partial charge is 0.480 e. The number of nitrogens with one attached hydrogen (secondary N) is 1. The summed E-state index contributed by atoms with van der Waals surface area (Å²) in [6, 6.07) is 0.0427. The number of rotatable bonds is 8. The fourth-order valence-corrected chi connectivity index (χ4v) is 2.40. The van der Waals surface area contributed by atoms with Crippen molar-refractivity contribution in [3.05, 3.63) is 18.1 Å². The third kappa shape index (κ3) is 3.42. The van der Waals surface area contributed by atoms with Crippen molar-refractivity contribution in [3.8, 4) is 5.88 Å². The lowest BCUT2D eigenvalue weighted by molar-refractivity contribution is 0.0484. The summed E-state index contributed by atoms with van der Waals surface area (Å²) in [6.07, 6.45) is 7.02. The summed E-state index contributed by atoms with van der Waals surface area (Å²) in [7, 11) is 3.40. The molecule has 5 heteroatoms. The Hall–Kier alpha value is -1.20. The summed E-state index contributed by atoms with van der Waals surface area (Å²) < 4.78 is 11.0. The molecule has 1 fully saturated rings. The second kappa shape index (κ2) is 6.82. The quantitative estimate of drug-likeness (QED) is 0.778. The molecule has 2 atom stereocenters. The first-order valence-corrected chi connectivity index (χ1v) is 6.92. The molecule has 0 saturated heterocycles. The van der Waals surface area contributed by atoms with E-state index in [2.05, 4.69) is 22.2 Å². The van der Waals surface area contributed by atoms with E-state index in [4.69, 9.17) is 9.47 Å². The van der Waals surface area contributed by atoms with E-state index in [-0.39, 0.29) is 12.1 Å². The molecule has 1 N–H and O–H groups in total. The van der Waals surface area contributed by atoms with E-state index in [1.165, 1.54) is 12.8 Å². The Morgan fingerprint density at radius 2 is 2.05 bits per heavy atom. The predicted octanol–water partition coefficient (Wildman–Crippen LogP) is 1.95. The molecule has 0 aliphatic heterocycles. The summed E-state index contributed by atoms with van der Waals surface area (Å²) in [5.41, 5.74) is 0.845. The normalized spacial score (nSPS) is 18.1. The molecule has 19 heavy (non-hydrogen) atoms. The van der Waals surface area contributed by atoms with Gasteiger partial charge in [-0.2, -0.15) is 0 Å². The monoisotopic (exact) mass is 265 g/mol. The second-order valence-electron chi connectivity index (χ2n) is 4.92. The lowest BCUT2D eigenvalue weighted by atomic mass is 10.0. The maximum Gasteiger partial charge on any atom is 0.237 e. The molecule has 0 spiro atoms. The number of ether oxygens (including phenoxy) is 2. The summed E-state index contributed by atoms with van der Waals surface area (Å²) in [5, 5.41) is 3.53. The zero-order valence-corrected chi connectivity index (χ0v) is 11.9. The molecule has 0 amide bonds. The summed E-state index contributed by atoms with van der Waals surface area (Å²) in [5.74, 6) is 1.20. The number of methoxy groups -OCH3 is 2. The molecule has 1 aliphatic carbocycles. The van der Waals surface area contributed by atoms with Gasteiger partial charge in [0.1, 0.15) is 5.69 Å². The third-order valence-electron chi connectivity index (χ3n) is 3.48. The highest BCUT2D eigenvalue weighted by Gasteiger charge is 2.39. The maximum absolute atomic E-state index is 5.70. The van der Waals surface area contributed by atoms with Gasteiger partial charge in [0.05, 0.1) is 19.3 Å². The van der Waals surface area contributed by atoms with Crippen LogP contribution < -0.4 is 10.1 Å². The average Bonchev–Trinajstić information content (AvgIpc) is 3.28. The lowest BCUT2D eigenvalue weighted by Gasteiger charge is -2.27. The molecule has 1 aliphatic rings. The van der Waals surface area contributed by atoms with Gasteiger partial charge in [0, 0.05) is 19.5 Å². The van der Waals surface area contributed by atoms with Crippen LogP contribution in [-0.2, 0) is 4.74 Å². The molecule has 2 unspecified atom stereocenters. The highest BCUT2D eigenvalue weighted by molar-refractivity contribution is 5.23. The minimum atomic E-state index is 0.0427. The van der Waals surface area contributed by atoms with Gasteiger partial charge in [-0.1, -0.05) is 6.92 Å². The van der Waals surface area contributed by atoms with Crippen LogP contribution in [0.15, 0.2) is 12.4 Å². The standard InChI is InChI=1S/C14H23N3O2/c1-4-7-15-11(13(18-2)10-5-6-10)12-14(19-3)17-9-8-16-12/h8-11,13,15H,4-7H2,1-3H3. The molecular formula is C14H23N3O2. The summed E-state index contributed by atoms with van der Waals surface area (Å²) in [4.78, 5) is 8.69. The van der Waals surface area contributed by atoms with Crippen molar-refractivity contribution in [1.29, 1.82) is 0 Å². The number of nitrogens with zero attached hydrogens (tertiary/aromatic N) is 2. The minimum Gasteiger partial charge on any atom is -0.480 e. The van der Waals surface area contributed by atoms with Gasteiger partial charge in [-0.15, -0.1) is 0 Å². The third-order valence-corrected chi connectivity index (χ3v) is 3.48. The molecule has 106 valence electrons. The van der Waals surface area contributed by atoms with Crippen molar-refractivity contribution < 1.29 is 9.47 Å². The van der Waals surface area contributed by atoms with Gasteiger partial charge in [-0.3, -0.25) is 4.98 Å². The van der Waals surface area contributed by atoms with Crippen LogP contribution in [0, 0.1) is 5.92 Å². The first-order valence-electron chi connectivity index (χ1n) is 6.92. The minimum absolute atomic E-state index is 0.0427. The van der Waals surface area contributed by atoms with Crippen molar-refractivity contribution in [3.63, 3.8) is 0 Å². The molecule has 2 rings (SSSR count). The van der Waals surface area contributed by atoms with Crippen molar-refractivity contribution in [2.24, 2.45) is 5.92 Å². The number of hydrogen-bond donors (Lipinski definition) is 1. The molecule has 0 aromatic carbocycles. The fraction of sp³-hybridized carbons (Fsp3) is 0.714. The van der Waals surface area contributed by atoms with Crippen LogP contribution in [0.4, 0.5) is 0 Å². The Bertz CT molecular complexity index is 396.